The molecule has 0 fully saturated rings. The zero-order valence-corrected chi connectivity index (χ0v) is 13.2. The smallest absolute Gasteiger partial charge is 0.263 e. The standard InChI is InChI=1S/C16H11N3S2/c1-18-10(9-17)6-12-8-15-16(20-12)13-5-4-11(19(2)3)7-14(13)21-15/h4-8H,2-3H3/b10-6-. The van der Waals surface area contributed by atoms with Crippen molar-refractivity contribution in [3.63, 3.8) is 0 Å². The summed E-state index contributed by atoms with van der Waals surface area (Å²) in [5.74, 6) is 0. The van der Waals surface area contributed by atoms with Crippen LogP contribution in [0.25, 0.3) is 30.4 Å². The summed E-state index contributed by atoms with van der Waals surface area (Å²) in [5.41, 5.74) is 1.32. The van der Waals surface area contributed by atoms with E-state index in [4.69, 9.17) is 11.8 Å². The monoisotopic (exact) mass is 309 g/mol. The van der Waals surface area contributed by atoms with Crippen LogP contribution >= 0.6 is 22.7 Å². The molecule has 21 heavy (non-hydrogen) atoms. The van der Waals surface area contributed by atoms with Crippen LogP contribution in [0.4, 0.5) is 5.69 Å². The van der Waals surface area contributed by atoms with Crippen molar-refractivity contribution in [3.05, 3.63) is 46.3 Å². The van der Waals surface area contributed by atoms with E-state index in [9.17, 15) is 0 Å². The minimum absolute atomic E-state index is 0.128. The predicted octanol–water partition coefficient (Wildman–Crippen LogP) is 4.97. The minimum Gasteiger partial charge on any atom is -0.378 e. The van der Waals surface area contributed by atoms with Crippen molar-refractivity contribution in [2.75, 3.05) is 19.0 Å². The van der Waals surface area contributed by atoms with Gasteiger partial charge in [0.25, 0.3) is 5.70 Å². The lowest BCUT2D eigenvalue weighted by Crippen LogP contribution is -2.07. The molecule has 0 bridgehead atoms. The molecule has 0 atom stereocenters. The summed E-state index contributed by atoms with van der Waals surface area (Å²) in [5, 5.41) is 10.1. The maximum Gasteiger partial charge on any atom is 0.263 e. The second kappa shape index (κ2) is 5.21. The lowest BCUT2D eigenvalue weighted by atomic mass is 10.2. The van der Waals surface area contributed by atoms with Crippen LogP contribution in [0.5, 0.6) is 0 Å². The van der Waals surface area contributed by atoms with Gasteiger partial charge in [0.2, 0.25) is 0 Å². The molecule has 0 saturated carbocycles. The molecular formula is C16H11N3S2. The van der Waals surface area contributed by atoms with Gasteiger partial charge in [0.1, 0.15) is 0 Å². The second-order valence-electron chi connectivity index (χ2n) is 4.77. The molecule has 1 aromatic carbocycles. The van der Waals surface area contributed by atoms with E-state index in [-0.39, 0.29) is 5.70 Å². The molecule has 3 nitrogen and oxygen atoms in total. The summed E-state index contributed by atoms with van der Waals surface area (Å²) >= 11 is 3.38. The van der Waals surface area contributed by atoms with Gasteiger partial charge in [-0.1, -0.05) is 6.07 Å². The maximum atomic E-state index is 8.84. The average molecular weight is 309 g/mol. The van der Waals surface area contributed by atoms with Crippen LogP contribution in [-0.2, 0) is 0 Å². The fourth-order valence-corrected chi connectivity index (χ4v) is 4.64. The molecule has 5 heteroatoms. The molecule has 2 heterocycles. The van der Waals surface area contributed by atoms with Crippen LogP contribution in [0, 0.1) is 17.9 Å². The van der Waals surface area contributed by atoms with E-state index < -0.39 is 0 Å². The first-order valence-corrected chi connectivity index (χ1v) is 7.88. The molecule has 2 aromatic heterocycles. The van der Waals surface area contributed by atoms with Gasteiger partial charge in [-0.25, -0.2) is 10.1 Å². The Balaban J connectivity index is 2.15. The molecule has 3 rings (SSSR count). The number of anilines is 1. The third-order valence-corrected chi connectivity index (χ3v) is 5.52. The van der Waals surface area contributed by atoms with Crippen molar-refractivity contribution in [3.8, 4) is 6.07 Å². The topological polar surface area (TPSA) is 31.4 Å². The third kappa shape index (κ3) is 2.38. The summed E-state index contributed by atoms with van der Waals surface area (Å²) in [4.78, 5) is 6.26. The van der Waals surface area contributed by atoms with E-state index in [0.717, 1.165) is 4.88 Å². The fraction of sp³-hybridized carbons (Fsp3) is 0.125. The number of thiophene rings is 2. The first kappa shape index (κ1) is 13.6. The third-order valence-electron chi connectivity index (χ3n) is 3.18. The zero-order valence-electron chi connectivity index (χ0n) is 11.5. The van der Waals surface area contributed by atoms with Gasteiger partial charge in [0.05, 0.1) is 17.3 Å². The fourth-order valence-electron chi connectivity index (χ4n) is 2.13. The Bertz CT molecular complexity index is 930. The predicted molar refractivity (Wildman–Crippen MR) is 91.7 cm³/mol. The largest absolute Gasteiger partial charge is 0.378 e. The lowest BCUT2D eigenvalue weighted by molar-refractivity contribution is 1.14. The SMILES string of the molecule is [C-]#[N+]/C(C#N)=C\c1cc2sc3cc(N(C)C)ccc3c2s1. The molecule has 0 aliphatic rings. The van der Waals surface area contributed by atoms with Crippen LogP contribution in [0.3, 0.4) is 0 Å². The Morgan fingerprint density at radius 2 is 2.10 bits per heavy atom. The summed E-state index contributed by atoms with van der Waals surface area (Å²) < 4.78 is 3.71. The molecular weight excluding hydrogens is 298 g/mol. The minimum atomic E-state index is 0.128. The highest BCUT2D eigenvalue weighted by atomic mass is 32.1. The van der Waals surface area contributed by atoms with Crippen molar-refractivity contribution in [2.45, 2.75) is 0 Å². The maximum absolute atomic E-state index is 8.84. The number of rotatable bonds is 2. The second-order valence-corrected chi connectivity index (χ2v) is 6.94. The summed E-state index contributed by atoms with van der Waals surface area (Å²) in [6.45, 7) is 6.94. The van der Waals surface area contributed by atoms with Crippen LogP contribution in [0.15, 0.2) is 30.0 Å². The highest BCUT2D eigenvalue weighted by Gasteiger charge is 2.10. The molecule has 0 aliphatic carbocycles. The molecule has 0 aliphatic heterocycles. The Hall–Kier alpha value is -2.34. The van der Waals surface area contributed by atoms with E-state index >= 15 is 0 Å². The van der Waals surface area contributed by atoms with E-state index in [1.165, 1.54) is 25.2 Å². The van der Waals surface area contributed by atoms with Crippen LogP contribution < -0.4 is 4.90 Å². The molecule has 0 unspecified atom stereocenters. The highest BCUT2D eigenvalue weighted by molar-refractivity contribution is 7.33. The van der Waals surface area contributed by atoms with Crippen LogP contribution in [0.2, 0.25) is 0 Å². The molecule has 0 saturated heterocycles. The zero-order chi connectivity index (χ0) is 15.0. The molecule has 0 N–H and O–H groups in total. The van der Waals surface area contributed by atoms with Crippen molar-refractivity contribution in [1.29, 1.82) is 5.26 Å². The van der Waals surface area contributed by atoms with Gasteiger partial charge in [0.15, 0.2) is 0 Å². The van der Waals surface area contributed by atoms with Gasteiger partial charge in [-0.2, -0.15) is 0 Å². The number of benzene rings is 1. The molecule has 3 aromatic rings. The molecule has 0 amide bonds. The number of allylic oxidation sites excluding steroid dienone is 1. The first-order valence-electron chi connectivity index (χ1n) is 6.25. The van der Waals surface area contributed by atoms with Crippen LogP contribution in [0.1, 0.15) is 4.88 Å². The van der Waals surface area contributed by atoms with E-state index in [1.54, 1.807) is 28.7 Å². The summed E-state index contributed by atoms with van der Waals surface area (Å²) in [6, 6.07) is 10.4. The van der Waals surface area contributed by atoms with Gasteiger partial charge >= 0.3 is 0 Å². The van der Waals surface area contributed by atoms with Crippen molar-refractivity contribution >= 4 is 53.9 Å². The van der Waals surface area contributed by atoms with Gasteiger partial charge in [-0.15, -0.1) is 22.7 Å². The number of hydrogen-bond acceptors (Lipinski definition) is 4. The number of hydrogen-bond donors (Lipinski definition) is 0. The molecule has 102 valence electrons. The van der Waals surface area contributed by atoms with E-state index in [0.29, 0.717) is 0 Å². The average Bonchev–Trinajstić information content (AvgIpc) is 3.00. The molecule has 0 radical (unpaired) electrons. The van der Waals surface area contributed by atoms with Crippen molar-refractivity contribution in [1.82, 2.24) is 0 Å². The first-order chi connectivity index (χ1) is 10.1. The van der Waals surface area contributed by atoms with Crippen molar-refractivity contribution in [2.24, 2.45) is 0 Å². The van der Waals surface area contributed by atoms with E-state index in [2.05, 4.69) is 34.0 Å². The normalized spacial score (nSPS) is 11.5. The Morgan fingerprint density at radius 1 is 1.29 bits per heavy atom. The van der Waals surface area contributed by atoms with Gasteiger partial charge in [0, 0.05) is 39.4 Å². The van der Waals surface area contributed by atoms with Crippen molar-refractivity contribution < 1.29 is 0 Å². The van der Waals surface area contributed by atoms with Gasteiger partial charge in [-0.3, -0.25) is 0 Å². The Labute approximate surface area is 130 Å². The Kier molecular flexibility index (Phi) is 3.39. The Morgan fingerprint density at radius 3 is 2.76 bits per heavy atom. The number of nitrogens with zero attached hydrogens (tertiary/aromatic N) is 3. The van der Waals surface area contributed by atoms with Gasteiger partial charge < -0.3 is 4.90 Å². The van der Waals surface area contributed by atoms with Crippen LogP contribution in [-0.4, -0.2) is 14.1 Å². The quantitative estimate of drug-likeness (QED) is 0.494. The summed E-state index contributed by atoms with van der Waals surface area (Å²) in [7, 11) is 4.07. The van der Waals surface area contributed by atoms with E-state index in [1.807, 2.05) is 20.2 Å². The van der Waals surface area contributed by atoms with Gasteiger partial charge in [-0.05, 0) is 24.3 Å². The number of fused-ring (bicyclic) bond motifs is 3. The molecule has 0 spiro atoms. The highest BCUT2D eigenvalue weighted by Crippen LogP contribution is 2.41. The lowest BCUT2D eigenvalue weighted by Gasteiger charge is -2.11. The summed E-state index contributed by atoms with van der Waals surface area (Å²) in [6.07, 6.45) is 1.66. The number of nitriles is 1.